The van der Waals surface area contributed by atoms with Crippen molar-refractivity contribution in [3.8, 4) is 5.75 Å². The number of non-ortho nitro benzene ring substituents is 1. The summed E-state index contributed by atoms with van der Waals surface area (Å²) in [5.41, 5.74) is -0.502. The van der Waals surface area contributed by atoms with Crippen LogP contribution >= 0.6 is 0 Å². The van der Waals surface area contributed by atoms with E-state index >= 15 is 0 Å². The first-order valence-electron chi connectivity index (χ1n) is 11.6. The smallest absolute Gasteiger partial charge is 0.344 e. The molecule has 4 rings (SSSR count). The number of nitro groups is 1. The summed E-state index contributed by atoms with van der Waals surface area (Å²) in [4.78, 5) is 34.1. The zero-order valence-electron chi connectivity index (χ0n) is 20.9. The molecule has 0 aliphatic rings. The molecule has 1 amide bonds. The fourth-order valence-corrected chi connectivity index (χ4v) is 4.85. The predicted octanol–water partition coefficient (Wildman–Crippen LogP) is 4.27. The van der Waals surface area contributed by atoms with E-state index in [9.17, 15) is 32.5 Å². The Kier molecular flexibility index (Phi) is 8.24. The average Bonchev–Trinajstić information content (AvgIpc) is 2.95. The van der Waals surface area contributed by atoms with Gasteiger partial charge in [-0.1, -0.05) is 30.3 Å². The number of carbonyl (C=O) groups excluding carboxylic acids is 2. The number of rotatable bonds is 10. The standard InChI is InChI=1S/C27H22FN3O8S/c1-30(40(36,37)23-12-6-18-4-2-3-5-19(18)14-23)20-7-10-22(11-8-20)38-17-27(33)39-16-26(32)29-25-15-21(31(34)35)9-13-24(25)28/h2-15H,16-17H2,1H3,(H,29,32). The molecule has 0 fully saturated rings. The first-order chi connectivity index (χ1) is 19.0. The summed E-state index contributed by atoms with van der Waals surface area (Å²) in [6.45, 7) is -1.34. The molecule has 4 aromatic rings. The predicted molar refractivity (Wildman–Crippen MR) is 144 cm³/mol. The van der Waals surface area contributed by atoms with Gasteiger partial charge in [0.25, 0.3) is 21.6 Å². The molecule has 0 aromatic heterocycles. The average molecular weight is 568 g/mol. The van der Waals surface area contributed by atoms with E-state index in [-0.39, 0.29) is 10.6 Å². The third-order valence-corrected chi connectivity index (χ3v) is 7.52. The number of fused-ring (bicyclic) bond motifs is 1. The molecule has 11 nitrogen and oxygen atoms in total. The van der Waals surface area contributed by atoms with Crippen LogP contribution in [0.5, 0.6) is 5.75 Å². The molecule has 206 valence electrons. The molecular formula is C27H22FN3O8S. The molecule has 0 aliphatic heterocycles. The molecule has 0 heterocycles. The summed E-state index contributed by atoms with van der Waals surface area (Å²) in [6, 6.07) is 20.8. The number of benzene rings is 4. The van der Waals surface area contributed by atoms with Gasteiger partial charge in [0.15, 0.2) is 13.2 Å². The van der Waals surface area contributed by atoms with E-state index < -0.39 is 57.2 Å². The summed E-state index contributed by atoms with van der Waals surface area (Å²) in [5, 5.41) is 14.6. The lowest BCUT2D eigenvalue weighted by Gasteiger charge is -2.20. The van der Waals surface area contributed by atoms with E-state index in [0.717, 1.165) is 33.3 Å². The van der Waals surface area contributed by atoms with Crippen LogP contribution < -0.4 is 14.4 Å². The lowest BCUT2D eigenvalue weighted by molar-refractivity contribution is -0.384. The highest BCUT2D eigenvalue weighted by Gasteiger charge is 2.22. The van der Waals surface area contributed by atoms with Crippen LogP contribution in [0.2, 0.25) is 0 Å². The Morgan fingerprint density at radius 3 is 2.35 bits per heavy atom. The van der Waals surface area contributed by atoms with Gasteiger partial charge >= 0.3 is 5.97 Å². The molecule has 0 saturated heterocycles. The highest BCUT2D eigenvalue weighted by molar-refractivity contribution is 7.92. The molecule has 0 bridgehead atoms. The Balaban J connectivity index is 1.29. The first-order valence-corrected chi connectivity index (χ1v) is 13.1. The van der Waals surface area contributed by atoms with Crippen molar-refractivity contribution in [1.82, 2.24) is 0 Å². The Hall–Kier alpha value is -5.04. The van der Waals surface area contributed by atoms with Gasteiger partial charge in [-0.05, 0) is 53.2 Å². The maximum absolute atomic E-state index is 13.8. The van der Waals surface area contributed by atoms with Crippen molar-refractivity contribution in [2.75, 3.05) is 29.9 Å². The van der Waals surface area contributed by atoms with Crippen LogP contribution in [0.25, 0.3) is 10.8 Å². The van der Waals surface area contributed by atoms with Gasteiger partial charge in [-0.15, -0.1) is 0 Å². The van der Waals surface area contributed by atoms with E-state index in [4.69, 9.17) is 9.47 Å². The molecule has 4 aromatic carbocycles. The number of halogens is 1. The van der Waals surface area contributed by atoms with Crippen LogP contribution in [0, 0.1) is 15.9 Å². The Labute approximate surface area is 227 Å². The quantitative estimate of drug-likeness (QED) is 0.170. The third-order valence-electron chi connectivity index (χ3n) is 5.74. The van der Waals surface area contributed by atoms with Crippen LogP contribution in [0.1, 0.15) is 0 Å². The summed E-state index contributed by atoms with van der Waals surface area (Å²) < 4.78 is 51.3. The number of nitrogens with one attached hydrogen (secondary N) is 1. The molecule has 0 saturated carbocycles. The Bertz CT molecular complexity index is 1690. The largest absolute Gasteiger partial charge is 0.482 e. The topological polar surface area (TPSA) is 145 Å². The normalized spacial score (nSPS) is 11.1. The van der Waals surface area contributed by atoms with E-state index in [1.807, 2.05) is 24.3 Å². The second-order valence-electron chi connectivity index (χ2n) is 8.39. The van der Waals surface area contributed by atoms with Crippen molar-refractivity contribution < 1.29 is 36.8 Å². The van der Waals surface area contributed by atoms with Crippen LogP contribution in [0.15, 0.2) is 89.8 Å². The molecule has 0 atom stereocenters. The van der Waals surface area contributed by atoms with Crippen molar-refractivity contribution >= 4 is 49.7 Å². The van der Waals surface area contributed by atoms with Crippen molar-refractivity contribution in [2.24, 2.45) is 0 Å². The van der Waals surface area contributed by atoms with Crippen LogP contribution in [-0.4, -0.2) is 45.5 Å². The van der Waals surface area contributed by atoms with Gasteiger partial charge in [0.2, 0.25) is 0 Å². The number of hydrogen-bond acceptors (Lipinski definition) is 8. The van der Waals surface area contributed by atoms with Crippen LogP contribution in [0.3, 0.4) is 0 Å². The molecular weight excluding hydrogens is 545 g/mol. The minimum Gasteiger partial charge on any atom is -0.482 e. The van der Waals surface area contributed by atoms with Gasteiger partial charge in [-0.3, -0.25) is 19.2 Å². The summed E-state index contributed by atoms with van der Waals surface area (Å²) in [6.07, 6.45) is 0. The molecule has 1 N–H and O–H groups in total. The summed E-state index contributed by atoms with van der Waals surface area (Å²) in [5.74, 6) is -2.48. The molecule has 0 unspecified atom stereocenters. The first kappa shape index (κ1) is 28.0. The maximum atomic E-state index is 13.8. The molecule has 0 radical (unpaired) electrons. The van der Waals surface area contributed by atoms with E-state index in [1.165, 1.54) is 37.4 Å². The highest BCUT2D eigenvalue weighted by atomic mass is 32.2. The van der Waals surface area contributed by atoms with Crippen molar-refractivity contribution in [1.29, 1.82) is 0 Å². The number of nitrogens with zero attached hydrogens (tertiary/aromatic N) is 2. The van der Waals surface area contributed by atoms with Crippen LogP contribution in [0.4, 0.5) is 21.5 Å². The number of carbonyl (C=O) groups is 2. The van der Waals surface area contributed by atoms with Gasteiger partial charge < -0.3 is 14.8 Å². The minimum atomic E-state index is -3.85. The van der Waals surface area contributed by atoms with E-state index in [0.29, 0.717) is 5.69 Å². The number of nitro benzene ring substituents is 1. The molecule has 13 heteroatoms. The third kappa shape index (κ3) is 6.50. The van der Waals surface area contributed by atoms with E-state index in [2.05, 4.69) is 5.32 Å². The highest BCUT2D eigenvalue weighted by Crippen LogP contribution is 2.27. The number of sulfonamides is 1. The Morgan fingerprint density at radius 2 is 1.65 bits per heavy atom. The summed E-state index contributed by atoms with van der Waals surface area (Å²) in [7, 11) is -2.43. The monoisotopic (exact) mass is 567 g/mol. The summed E-state index contributed by atoms with van der Waals surface area (Å²) >= 11 is 0. The number of esters is 1. The van der Waals surface area contributed by atoms with Gasteiger partial charge in [-0.25, -0.2) is 17.6 Å². The van der Waals surface area contributed by atoms with Gasteiger partial charge in [0, 0.05) is 19.2 Å². The molecule has 0 spiro atoms. The van der Waals surface area contributed by atoms with Crippen molar-refractivity contribution in [3.63, 3.8) is 0 Å². The molecule has 0 aliphatic carbocycles. The van der Waals surface area contributed by atoms with Gasteiger partial charge in [-0.2, -0.15) is 0 Å². The lowest BCUT2D eigenvalue weighted by atomic mass is 10.1. The van der Waals surface area contributed by atoms with Crippen molar-refractivity contribution in [3.05, 3.63) is 101 Å². The lowest BCUT2D eigenvalue weighted by Crippen LogP contribution is -2.26. The molecule has 40 heavy (non-hydrogen) atoms. The zero-order valence-corrected chi connectivity index (χ0v) is 21.8. The van der Waals surface area contributed by atoms with Gasteiger partial charge in [0.1, 0.15) is 11.6 Å². The zero-order chi connectivity index (χ0) is 28.9. The fraction of sp³-hybridized carbons (Fsp3) is 0.111. The minimum absolute atomic E-state index is 0.133. The number of hydrogen-bond donors (Lipinski definition) is 1. The van der Waals surface area contributed by atoms with Gasteiger partial charge in [0.05, 0.1) is 21.2 Å². The van der Waals surface area contributed by atoms with E-state index in [1.54, 1.807) is 12.1 Å². The second-order valence-corrected chi connectivity index (χ2v) is 10.4. The van der Waals surface area contributed by atoms with Crippen molar-refractivity contribution in [2.45, 2.75) is 4.90 Å². The second kappa shape index (κ2) is 11.8. The van der Waals surface area contributed by atoms with Crippen LogP contribution in [-0.2, 0) is 24.3 Å². The Morgan fingerprint density at radius 1 is 0.950 bits per heavy atom. The maximum Gasteiger partial charge on any atom is 0.344 e. The number of amides is 1. The fourth-order valence-electron chi connectivity index (χ4n) is 3.62. The SMILES string of the molecule is CN(c1ccc(OCC(=O)OCC(=O)Nc2cc([N+](=O)[O-])ccc2F)cc1)S(=O)(=O)c1ccc2ccccc2c1. The number of ether oxygens (including phenoxy) is 2. The number of anilines is 2.